The third-order valence-electron chi connectivity index (χ3n) is 4.80. The highest BCUT2D eigenvalue weighted by molar-refractivity contribution is 5.84. The maximum Gasteiger partial charge on any atom is 0.242 e. The third kappa shape index (κ3) is 2.68. The number of pyridine rings is 1. The number of hydrogen-bond donors (Lipinski definition) is 0. The number of hydrogen-bond acceptors (Lipinski definition) is 2. The van der Waals surface area contributed by atoms with Crippen molar-refractivity contribution in [3.63, 3.8) is 0 Å². The van der Waals surface area contributed by atoms with Crippen LogP contribution in [0.5, 0.6) is 0 Å². The summed E-state index contributed by atoms with van der Waals surface area (Å²) in [5.74, 6) is 0.192. The lowest BCUT2D eigenvalue weighted by Crippen LogP contribution is -2.43. The molecule has 1 fully saturated rings. The molecule has 3 aromatic rings. The van der Waals surface area contributed by atoms with Crippen molar-refractivity contribution >= 4 is 16.9 Å². The van der Waals surface area contributed by atoms with Crippen LogP contribution in [0.2, 0.25) is 0 Å². The largest absolute Gasteiger partial charge is 0.341 e. The van der Waals surface area contributed by atoms with Crippen LogP contribution in [0.3, 0.4) is 0 Å². The molecule has 1 aliphatic heterocycles. The summed E-state index contributed by atoms with van der Waals surface area (Å²) in [7, 11) is 0. The Kier molecular flexibility index (Phi) is 3.81. The van der Waals surface area contributed by atoms with Gasteiger partial charge in [-0.25, -0.2) is 0 Å². The Labute approximate surface area is 141 Å². The normalized spacial score (nSPS) is 14.0. The molecule has 4 nitrogen and oxygen atoms in total. The molecule has 0 atom stereocenters. The quantitative estimate of drug-likeness (QED) is 0.738. The number of carbonyl (C=O) groups is 1. The summed E-state index contributed by atoms with van der Waals surface area (Å²) in [6, 6.07) is 12.7. The minimum Gasteiger partial charge on any atom is -0.341 e. The molecule has 1 aliphatic rings. The van der Waals surface area contributed by atoms with Crippen molar-refractivity contribution in [2.24, 2.45) is 0 Å². The van der Waals surface area contributed by atoms with E-state index < -0.39 is 0 Å². The Morgan fingerprint density at radius 2 is 2.04 bits per heavy atom. The van der Waals surface area contributed by atoms with E-state index in [0.29, 0.717) is 6.54 Å². The first-order valence-corrected chi connectivity index (χ1v) is 8.56. The van der Waals surface area contributed by atoms with E-state index >= 15 is 0 Å². The van der Waals surface area contributed by atoms with Crippen LogP contribution in [0.4, 0.5) is 0 Å². The van der Waals surface area contributed by atoms with Gasteiger partial charge in [0.15, 0.2) is 0 Å². The molecule has 1 aromatic carbocycles. The van der Waals surface area contributed by atoms with Gasteiger partial charge in [0, 0.05) is 31.0 Å². The van der Waals surface area contributed by atoms with Gasteiger partial charge in [0.2, 0.25) is 5.91 Å². The summed E-state index contributed by atoms with van der Waals surface area (Å²) in [4.78, 5) is 18.7. The van der Waals surface area contributed by atoms with Crippen molar-refractivity contribution in [3.05, 3.63) is 54.4 Å². The van der Waals surface area contributed by atoms with Crippen LogP contribution < -0.4 is 0 Å². The van der Waals surface area contributed by atoms with Crippen LogP contribution in [-0.2, 0) is 17.8 Å². The van der Waals surface area contributed by atoms with E-state index in [2.05, 4.69) is 42.2 Å². The third-order valence-corrected chi connectivity index (χ3v) is 4.80. The second-order valence-corrected chi connectivity index (χ2v) is 6.36. The van der Waals surface area contributed by atoms with Crippen molar-refractivity contribution in [1.82, 2.24) is 14.5 Å². The summed E-state index contributed by atoms with van der Waals surface area (Å²) in [5, 5.41) is 0. The van der Waals surface area contributed by atoms with Crippen LogP contribution in [0.1, 0.15) is 18.9 Å². The summed E-state index contributed by atoms with van der Waals surface area (Å²) < 4.78 is 2.01. The molecule has 1 saturated heterocycles. The number of rotatable bonds is 4. The Bertz CT molecular complexity index is 893. The van der Waals surface area contributed by atoms with Crippen molar-refractivity contribution in [3.8, 4) is 11.1 Å². The molecule has 0 unspecified atom stereocenters. The zero-order chi connectivity index (χ0) is 16.5. The van der Waals surface area contributed by atoms with E-state index in [1.165, 1.54) is 11.1 Å². The van der Waals surface area contributed by atoms with Crippen LogP contribution in [0, 0.1) is 0 Å². The Morgan fingerprint density at radius 3 is 2.79 bits per heavy atom. The predicted octanol–water partition coefficient (Wildman–Crippen LogP) is 3.50. The van der Waals surface area contributed by atoms with Gasteiger partial charge in [-0.05, 0) is 36.1 Å². The highest BCUT2D eigenvalue weighted by Gasteiger charge is 2.20. The van der Waals surface area contributed by atoms with Crippen molar-refractivity contribution in [2.45, 2.75) is 26.3 Å². The van der Waals surface area contributed by atoms with E-state index in [0.717, 1.165) is 42.5 Å². The minimum absolute atomic E-state index is 0.192. The first-order chi connectivity index (χ1) is 11.7. The molecule has 0 aliphatic carbocycles. The van der Waals surface area contributed by atoms with Crippen LogP contribution in [0.25, 0.3) is 22.2 Å². The molecule has 0 bridgehead atoms. The van der Waals surface area contributed by atoms with Crippen molar-refractivity contribution in [2.75, 3.05) is 13.1 Å². The standard InChI is InChI=1S/C20H21N3O/c1-2-15-5-3-6-16(11-15)17-12-19-18(21-13-17)7-10-23(19)14-20(24)22-8-4-9-22/h3,5-7,10-13H,2,4,8-9,14H2,1H3. The van der Waals surface area contributed by atoms with E-state index in [9.17, 15) is 4.79 Å². The molecule has 3 heterocycles. The molecule has 1 amide bonds. The fourth-order valence-electron chi connectivity index (χ4n) is 3.14. The SMILES string of the molecule is CCc1cccc(-c2cnc3ccn(CC(=O)N4CCC4)c3c2)c1. The molecular formula is C20H21N3O. The lowest BCUT2D eigenvalue weighted by Gasteiger charge is -2.31. The maximum absolute atomic E-state index is 12.3. The van der Waals surface area contributed by atoms with E-state index in [4.69, 9.17) is 0 Å². The lowest BCUT2D eigenvalue weighted by atomic mass is 10.0. The van der Waals surface area contributed by atoms with Crippen LogP contribution >= 0.6 is 0 Å². The number of aromatic nitrogens is 2. The molecule has 4 rings (SSSR count). The van der Waals surface area contributed by atoms with E-state index in [1.54, 1.807) is 0 Å². The molecule has 0 spiro atoms. The molecular weight excluding hydrogens is 298 g/mol. The number of nitrogens with zero attached hydrogens (tertiary/aromatic N) is 3. The Morgan fingerprint density at radius 1 is 1.17 bits per heavy atom. The molecule has 0 N–H and O–H groups in total. The number of amides is 1. The Balaban J connectivity index is 1.68. The summed E-state index contributed by atoms with van der Waals surface area (Å²) in [5.41, 5.74) is 5.53. The number of benzene rings is 1. The van der Waals surface area contributed by atoms with Gasteiger partial charge in [0.05, 0.1) is 11.0 Å². The van der Waals surface area contributed by atoms with Gasteiger partial charge in [0.1, 0.15) is 6.54 Å². The summed E-state index contributed by atoms with van der Waals surface area (Å²) in [6.07, 6.45) is 6.02. The first-order valence-electron chi connectivity index (χ1n) is 8.56. The molecule has 4 heteroatoms. The zero-order valence-corrected chi connectivity index (χ0v) is 13.9. The zero-order valence-electron chi connectivity index (χ0n) is 13.9. The topological polar surface area (TPSA) is 38.1 Å². The van der Waals surface area contributed by atoms with Crippen LogP contribution in [0.15, 0.2) is 48.8 Å². The number of likely N-dealkylation sites (tertiary alicyclic amines) is 1. The molecule has 2 aromatic heterocycles. The average Bonchev–Trinajstić information content (AvgIpc) is 2.95. The molecule has 24 heavy (non-hydrogen) atoms. The molecule has 0 saturated carbocycles. The van der Waals surface area contributed by atoms with Crippen LogP contribution in [-0.4, -0.2) is 33.4 Å². The molecule has 122 valence electrons. The predicted molar refractivity (Wildman–Crippen MR) is 95.7 cm³/mol. The van der Waals surface area contributed by atoms with Gasteiger partial charge in [-0.2, -0.15) is 0 Å². The smallest absolute Gasteiger partial charge is 0.242 e. The van der Waals surface area contributed by atoms with Gasteiger partial charge < -0.3 is 9.47 Å². The number of aryl methyl sites for hydroxylation is 1. The maximum atomic E-state index is 12.3. The van der Waals surface area contributed by atoms with Gasteiger partial charge in [-0.1, -0.05) is 31.2 Å². The Hall–Kier alpha value is -2.62. The number of fused-ring (bicyclic) bond motifs is 1. The van der Waals surface area contributed by atoms with E-state index in [-0.39, 0.29) is 5.91 Å². The highest BCUT2D eigenvalue weighted by atomic mass is 16.2. The van der Waals surface area contributed by atoms with Crippen molar-refractivity contribution in [1.29, 1.82) is 0 Å². The second kappa shape index (κ2) is 6.11. The fraction of sp³-hybridized carbons (Fsp3) is 0.300. The van der Waals surface area contributed by atoms with Gasteiger partial charge >= 0.3 is 0 Å². The minimum atomic E-state index is 0.192. The average molecular weight is 319 g/mol. The lowest BCUT2D eigenvalue weighted by molar-refractivity contribution is -0.135. The summed E-state index contributed by atoms with van der Waals surface area (Å²) >= 11 is 0. The first kappa shape index (κ1) is 14.9. The molecule has 0 radical (unpaired) electrons. The van der Waals surface area contributed by atoms with Gasteiger partial charge in [-0.15, -0.1) is 0 Å². The second-order valence-electron chi connectivity index (χ2n) is 6.36. The fourth-order valence-corrected chi connectivity index (χ4v) is 3.14. The van der Waals surface area contributed by atoms with Gasteiger partial charge in [0.25, 0.3) is 0 Å². The summed E-state index contributed by atoms with van der Waals surface area (Å²) in [6.45, 7) is 4.34. The van der Waals surface area contributed by atoms with Gasteiger partial charge in [-0.3, -0.25) is 9.78 Å². The van der Waals surface area contributed by atoms with E-state index in [1.807, 2.05) is 27.9 Å². The monoisotopic (exact) mass is 319 g/mol. The number of carbonyl (C=O) groups excluding carboxylic acids is 1. The highest BCUT2D eigenvalue weighted by Crippen LogP contribution is 2.24. The van der Waals surface area contributed by atoms with Crippen molar-refractivity contribution < 1.29 is 4.79 Å².